The van der Waals surface area contributed by atoms with Crippen LogP contribution in [0.1, 0.15) is 48.4 Å². The number of hydrogen-bond donors (Lipinski definition) is 3. The van der Waals surface area contributed by atoms with Crippen molar-refractivity contribution in [1.29, 1.82) is 0 Å². The number of fused-ring (bicyclic) bond motifs is 6. The van der Waals surface area contributed by atoms with Crippen molar-refractivity contribution >= 4 is 16.9 Å². The number of nitrogens with one attached hydrogen (secondary N) is 2. The molecule has 1 aromatic carbocycles. The molecule has 3 N–H and O–H groups in total. The highest BCUT2D eigenvalue weighted by atomic mass is 16.7. The summed E-state index contributed by atoms with van der Waals surface area (Å²) in [5.41, 5.74) is 2.57. The van der Waals surface area contributed by atoms with Crippen molar-refractivity contribution in [3.63, 3.8) is 0 Å². The second-order valence-corrected chi connectivity index (χ2v) is 10.1. The van der Waals surface area contributed by atoms with Gasteiger partial charge in [-0.1, -0.05) is 6.92 Å². The van der Waals surface area contributed by atoms with Gasteiger partial charge in [-0.05, 0) is 50.0 Å². The van der Waals surface area contributed by atoms with E-state index < -0.39 is 11.6 Å². The fraction of sp³-hybridized carbons (Fsp3) is 0.444. The van der Waals surface area contributed by atoms with E-state index in [-0.39, 0.29) is 25.4 Å². The van der Waals surface area contributed by atoms with E-state index in [1.165, 1.54) is 0 Å². The first-order valence-electron chi connectivity index (χ1n) is 12.8. The molecule has 37 heavy (non-hydrogen) atoms. The summed E-state index contributed by atoms with van der Waals surface area (Å²) in [5.74, 6) is 0.599. The average molecular weight is 505 g/mol. The SMILES string of the molecule is CC[C@@]1(O)C(=O)OCc2c1cc1n(c2=O)Cc2c-1nc1cc3c(cc1c2CNC1CCNCC1)OCO3. The lowest BCUT2D eigenvalue weighted by atomic mass is 9.86. The van der Waals surface area contributed by atoms with Crippen LogP contribution < -0.4 is 25.7 Å². The predicted octanol–water partition coefficient (Wildman–Crippen LogP) is 1.65. The summed E-state index contributed by atoms with van der Waals surface area (Å²) in [6, 6.07) is 6.01. The van der Waals surface area contributed by atoms with Gasteiger partial charge in [0.25, 0.3) is 5.56 Å². The van der Waals surface area contributed by atoms with Crippen molar-refractivity contribution in [1.82, 2.24) is 20.2 Å². The molecule has 4 aliphatic rings. The summed E-state index contributed by atoms with van der Waals surface area (Å²) in [6.07, 6.45) is 2.20. The molecule has 4 aliphatic heterocycles. The molecule has 6 heterocycles. The van der Waals surface area contributed by atoms with Crippen molar-refractivity contribution in [3.8, 4) is 22.9 Å². The van der Waals surface area contributed by atoms with Crippen LogP contribution in [0.15, 0.2) is 23.0 Å². The van der Waals surface area contributed by atoms with Gasteiger partial charge in [-0.25, -0.2) is 9.78 Å². The molecule has 0 saturated carbocycles. The lowest BCUT2D eigenvalue weighted by Crippen LogP contribution is -2.44. The highest BCUT2D eigenvalue weighted by molar-refractivity contribution is 5.91. The van der Waals surface area contributed by atoms with Crippen molar-refractivity contribution in [3.05, 3.63) is 50.8 Å². The van der Waals surface area contributed by atoms with Crippen molar-refractivity contribution in [2.24, 2.45) is 0 Å². The minimum absolute atomic E-state index is 0.106. The molecule has 1 atom stereocenters. The van der Waals surface area contributed by atoms with E-state index in [0.29, 0.717) is 53.1 Å². The molecule has 10 nitrogen and oxygen atoms in total. The smallest absolute Gasteiger partial charge is 0.343 e. The van der Waals surface area contributed by atoms with Crippen LogP contribution >= 0.6 is 0 Å². The number of aliphatic hydroxyl groups is 1. The summed E-state index contributed by atoms with van der Waals surface area (Å²) in [7, 11) is 0. The summed E-state index contributed by atoms with van der Waals surface area (Å²) < 4.78 is 18.2. The van der Waals surface area contributed by atoms with Gasteiger partial charge in [-0.3, -0.25) is 4.79 Å². The van der Waals surface area contributed by atoms with E-state index in [1.54, 1.807) is 17.6 Å². The van der Waals surface area contributed by atoms with E-state index in [2.05, 4.69) is 10.6 Å². The van der Waals surface area contributed by atoms with Gasteiger partial charge in [0.15, 0.2) is 17.1 Å². The van der Waals surface area contributed by atoms with Crippen LogP contribution in [0.4, 0.5) is 0 Å². The first-order chi connectivity index (χ1) is 18.0. The Morgan fingerprint density at radius 1 is 1.14 bits per heavy atom. The number of carbonyl (C=O) groups excluding carboxylic acids is 1. The molecule has 0 aliphatic carbocycles. The molecule has 2 aromatic heterocycles. The molecule has 0 bridgehead atoms. The molecule has 1 saturated heterocycles. The second kappa shape index (κ2) is 8.27. The molecule has 0 radical (unpaired) electrons. The summed E-state index contributed by atoms with van der Waals surface area (Å²) in [5, 5.41) is 19.3. The Bertz CT molecular complexity index is 1530. The third-order valence-corrected chi connectivity index (χ3v) is 8.21. The Balaban J connectivity index is 1.41. The summed E-state index contributed by atoms with van der Waals surface area (Å²) in [4.78, 5) is 31.1. The Labute approximate surface area is 212 Å². The highest BCUT2D eigenvalue weighted by Crippen LogP contribution is 2.43. The fourth-order valence-electron chi connectivity index (χ4n) is 6.03. The van der Waals surface area contributed by atoms with Crippen LogP contribution in [0.2, 0.25) is 0 Å². The Morgan fingerprint density at radius 2 is 1.92 bits per heavy atom. The van der Waals surface area contributed by atoms with Gasteiger partial charge in [0.2, 0.25) is 6.79 Å². The molecule has 10 heteroatoms. The number of aromatic nitrogens is 2. The number of ether oxygens (including phenoxy) is 3. The van der Waals surface area contributed by atoms with E-state index in [0.717, 1.165) is 48.0 Å². The first-order valence-corrected chi connectivity index (χ1v) is 12.8. The fourth-order valence-corrected chi connectivity index (χ4v) is 6.03. The number of benzene rings is 1. The zero-order chi connectivity index (χ0) is 25.3. The summed E-state index contributed by atoms with van der Waals surface area (Å²) in [6.45, 7) is 4.67. The van der Waals surface area contributed by atoms with Crippen LogP contribution in [0, 0.1) is 0 Å². The number of rotatable bonds is 4. The number of cyclic esters (lactones) is 1. The second-order valence-electron chi connectivity index (χ2n) is 10.1. The number of hydrogen-bond acceptors (Lipinski definition) is 9. The topological polar surface area (TPSA) is 124 Å². The Kier molecular flexibility index (Phi) is 5.08. The van der Waals surface area contributed by atoms with E-state index >= 15 is 0 Å². The molecule has 7 rings (SSSR count). The molecule has 1 fully saturated rings. The van der Waals surface area contributed by atoms with E-state index in [4.69, 9.17) is 19.2 Å². The number of nitrogens with zero attached hydrogens (tertiary/aromatic N) is 2. The summed E-state index contributed by atoms with van der Waals surface area (Å²) >= 11 is 0. The largest absolute Gasteiger partial charge is 0.458 e. The zero-order valence-electron chi connectivity index (χ0n) is 20.6. The van der Waals surface area contributed by atoms with Crippen LogP contribution in [0.3, 0.4) is 0 Å². The van der Waals surface area contributed by atoms with E-state index in [1.807, 2.05) is 12.1 Å². The molecule has 0 unspecified atom stereocenters. The maximum absolute atomic E-state index is 13.6. The minimum Gasteiger partial charge on any atom is -0.458 e. The third kappa shape index (κ3) is 3.32. The predicted molar refractivity (Wildman–Crippen MR) is 133 cm³/mol. The van der Waals surface area contributed by atoms with Crippen LogP contribution in [0.25, 0.3) is 22.3 Å². The number of pyridine rings is 2. The van der Waals surface area contributed by atoms with Crippen molar-refractivity contribution in [2.75, 3.05) is 19.9 Å². The van der Waals surface area contributed by atoms with Gasteiger partial charge >= 0.3 is 5.97 Å². The van der Waals surface area contributed by atoms with Crippen molar-refractivity contribution in [2.45, 2.75) is 57.5 Å². The molecule has 0 spiro atoms. The first kappa shape index (κ1) is 22.7. The maximum atomic E-state index is 13.6. The van der Waals surface area contributed by atoms with Crippen LogP contribution in [-0.4, -0.2) is 46.6 Å². The Morgan fingerprint density at radius 3 is 2.70 bits per heavy atom. The molecular formula is C27H28N4O6. The number of piperidine rings is 1. The van der Waals surface area contributed by atoms with E-state index in [9.17, 15) is 14.7 Å². The lowest BCUT2D eigenvalue weighted by Gasteiger charge is -2.31. The van der Waals surface area contributed by atoms with Crippen molar-refractivity contribution < 1.29 is 24.1 Å². The van der Waals surface area contributed by atoms with Crippen LogP contribution in [-0.2, 0) is 34.8 Å². The number of esters is 1. The van der Waals surface area contributed by atoms with Gasteiger partial charge in [0.05, 0.1) is 29.0 Å². The van der Waals surface area contributed by atoms with Gasteiger partial charge in [-0.15, -0.1) is 0 Å². The molecule has 3 aromatic rings. The zero-order valence-corrected chi connectivity index (χ0v) is 20.6. The standard InChI is InChI=1S/C27H28N4O6/c1-2-27(34)19-8-21-24-17(11-31(21)25(32)18(19)12-35-26(27)33)16(10-29-14-3-5-28-6-4-14)15-7-22-23(37-13-36-22)9-20(15)30-24/h7-9,14,28-29,34H,2-6,10-13H2,1H3/t27-/m0/s1. The maximum Gasteiger partial charge on any atom is 0.343 e. The van der Waals surface area contributed by atoms with Gasteiger partial charge in [0.1, 0.15) is 6.61 Å². The molecule has 0 amide bonds. The van der Waals surface area contributed by atoms with Gasteiger partial charge in [-0.2, -0.15) is 0 Å². The highest BCUT2D eigenvalue weighted by Gasteiger charge is 2.45. The monoisotopic (exact) mass is 504 g/mol. The average Bonchev–Trinajstić information content (AvgIpc) is 3.53. The quantitative estimate of drug-likeness (QED) is 0.356. The lowest BCUT2D eigenvalue weighted by molar-refractivity contribution is -0.172. The molecular weight excluding hydrogens is 476 g/mol. The molecule has 192 valence electrons. The normalized spacial score (nSPS) is 22.1. The minimum atomic E-state index is -1.85. The Hall–Kier alpha value is -3.47. The third-order valence-electron chi connectivity index (χ3n) is 8.21. The van der Waals surface area contributed by atoms with Crippen LogP contribution in [0.5, 0.6) is 11.5 Å². The number of carbonyl (C=O) groups is 1. The van der Waals surface area contributed by atoms with Gasteiger partial charge in [0, 0.05) is 35.2 Å². The van der Waals surface area contributed by atoms with Gasteiger partial charge < -0.3 is 34.5 Å².